The molecule has 1 aliphatic heterocycles. The van der Waals surface area contributed by atoms with E-state index in [1.54, 1.807) is 0 Å². The molecule has 8 nitrogen and oxygen atoms in total. The van der Waals surface area contributed by atoms with Gasteiger partial charge in [0.25, 0.3) is 0 Å². The van der Waals surface area contributed by atoms with Gasteiger partial charge in [-0.05, 0) is 69.5 Å². The summed E-state index contributed by atoms with van der Waals surface area (Å²) in [6, 6.07) is 18.1. The second kappa shape index (κ2) is 13.0. The number of anilines is 2. The fourth-order valence-corrected chi connectivity index (χ4v) is 6.55. The van der Waals surface area contributed by atoms with Gasteiger partial charge in [-0.1, -0.05) is 54.4 Å². The molecule has 1 aromatic heterocycles. The van der Waals surface area contributed by atoms with Crippen molar-refractivity contribution in [2.75, 3.05) is 42.3 Å². The summed E-state index contributed by atoms with van der Waals surface area (Å²) in [7, 11) is 0. The number of carbonyl (C=O) groups is 2. The van der Waals surface area contributed by atoms with Crippen LogP contribution in [-0.4, -0.2) is 64.3 Å². The molecule has 1 aliphatic carbocycles. The lowest BCUT2D eigenvalue weighted by Crippen LogP contribution is -2.57. The summed E-state index contributed by atoms with van der Waals surface area (Å²) in [6.07, 6.45) is 3.06. The molecule has 0 atom stereocenters. The van der Waals surface area contributed by atoms with Crippen molar-refractivity contribution in [3.63, 3.8) is 0 Å². The highest BCUT2D eigenvalue weighted by atomic mass is 32.2. The number of nitrogens with zero attached hydrogens (tertiary/aromatic N) is 4. The Kier molecular flexibility index (Phi) is 9.25. The smallest absolute Gasteiger partial charge is 0.250 e. The van der Waals surface area contributed by atoms with Crippen molar-refractivity contribution in [1.82, 2.24) is 14.9 Å². The van der Waals surface area contributed by atoms with Gasteiger partial charge in [0.2, 0.25) is 11.8 Å². The Morgan fingerprint density at radius 3 is 2.22 bits per heavy atom. The number of carbonyl (C=O) groups excluding carboxylic acids is 2. The lowest BCUT2D eigenvalue weighted by atomic mass is 9.92. The summed E-state index contributed by atoms with van der Waals surface area (Å²) in [5.41, 5.74) is 4.83. The number of morpholine rings is 1. The minimum absolute atomic E-state index is 0.0851. The van der Waals surface area contributed by atoms with Crippen molar-refractivity contribution in [2.45, 2.75) is 63.7 Å². The number of ether oxygens (including phenoxy) is 1. The third-order valence-electron chi connectivity index (χ3n) is 7.92. The Labute approximate surface area is 246 Å². The summed E-state index contributed by atoms with van der Waals surface area (Å²) >= 11 is 1.33. The van der Waals surface area contributed by atoms with Crippen molar-refractivity contribution in [3.05, 3.63) is 77.1 Å². The summed E-state index contributed by atoms with van der Waals surface area (Å²) in [5, 5.41) is 3.75. The van der Waals surface area contributed by atoms with E-state index in [9.17, 15) is 9.59 Å². The molecule has 216 valence electrons. The van der Waals surface area contributed by atoms with E-state index in [-0.39, 0.29) is 17.6 Å². The van der Waals surface area contributed by atoms with E-state index >= 15 is 0 Å². The second-order valence-corrected chi connectivity index (χ2v) is 12.0. The summed E-state index contributed by atoms with van der Waals surface area (Å²) in [5.74, 6) is -0.0434. The van der Waals surface area contributed by atoms with Crippen molar-refractivity contribution < 1.29 is 14.3 Å². The molecule has 2 fully saturated rings. The highest BCUT2D eigenvalue weighted by Crippen LogP contribution is 2.38. The first-order valence-corrected chi connectivity index (χ1v) is 15.4. The molecule has 9 heteroatoms. The van der Waals surface area contributed by atoms with Crippen molar-refractivity contribution in [2.24, 2.45) is 0 Å². The van der Waals surface area contributed by atoms with Crippen molar-refractivity contribution in [1.29, 1.82) is 0 Å². The number of aryl methyl sites for hydroxylation is 3. The standard InChI is InChI=1S/C32H39N5O3S/c1-23-6-8-26(9-7-23)21-37(29(38)22-41-31-33-24(2)20-25(3)34-31)32(14-4-5-15-32)30(39)35-27-10-12-28(13-11-27)36-16-18-40-19-17-36/h6-13,20H,4-5,14-19,21-22H2,1-3H3,(H,35,39). The summed E-state index contributed by atoms with van der Waals surface area (Å²) in [4.78, 5) is 41.2. The molecule has 5 rings (SSSR count). The van der Waals surface area contributed by atoms with Gasteiger partial charge >= 0.3 is 0 Å². The minimum atomic E-state index is -0.922. The van der Waals surface area contributed by atoms with E-state index in [4.69, 9.17) is 4.74 Å². The molecule has 2 aliphatic rings. The largest absolute Gasteiger partial charge is 0.378 e. The zero-order valence-corrected chi connectivity index (χ0v) is 25.0. The van der Waals surface area contributed by atoms with E-state index in [0.717, 1.165) is 73.0 Å². The molecule has 2 amide bonds. The Bertz CT molecular complexity index is 1330. The number of benzene rings is 2. The van der Waals surface area contributed by atoms with E-state index in [0.29, 0.717) is 24.5 Å². The van der Waals surface area contributed by atoms with Gasteiger partial charge < -0.3 is 19.9 Å². The number of thioether (sulfide) groups is 1. The first-order valence-electron chi connectivity index (χ1n) is 14.4. The zero-order chi connectivity index (χ0) is 28.8. The number of hydrogen-bond acceptors (Lipinski definition) is 7. The molecule has 2 heterocycles. The highest BCUT2D eigenvalue weighted by molar-refractivity contribution is 7.99. The molecule has 41 heavy (non-hydrogen) atoms. The quantitative estimate of drug-likeness (QED) is 0.274. The molecule has 1 N–H and O–H groups in total. The van der Waals surface area contributed by atoms with E-state index in [1.165, 1.54) is 11.8 Å². The van der Waals surface area contributed by atoms with Crippen LogP contribution in [0.4, 0.5) is 11.4 Å². The number of nitrogens with one attached hydrogen (secondary N) is 1. The van der Waals surface area contributed by atoms with Gasteiger partial charge in [0.15, 0.2) is 5.16 Å². The molecule has 0 radical (unpaired) electrons. The third kappa shape index (κ3) is 7.08. The van der Waals surface area contributed by atoms with Crippen molar-refractivity contribution in [3.8, 4) is 0 Å². The Hall–Kier alpha value is -3.43. The molecular weight excluding hydrogens is 534 g/mol. The maximum absolute atomic E-state index is 14.1. The Morgan fingerprint density at radius 1 is 0.951 bits per heavy atom. The summed E-state index contributed by atoms with van der Waals surface area (Å²) < 4.78 is 5.47. The van der Waals surface area contributed by atoms with Crippen LogP contribution in [0, 0.1) is 20.8 Å². The van der Waals surface area contributed by atoms with Crippen LogP contribution in [-0.2, 0) is 20.9 Å². The average Bonchev–Trinajstić information content (AvgIpc) is 3.47. The Morgan fingerprint density at radius 2 is 1.59 bits per heavy atom. The maximum Gasteiger partial charge on any atom is 0.250 e. The fraction of sp³-hybridized carbons (Fsp3) is 0.438. The minimum Gasteiger partial charge on any atom is -0.378 e. The van der Waals surface area contributed by atoms with Crippen LogP contribution in [0.1, 0.15) is 48.2 Å². The monoisotopic (exact) mass is 573 g/mol. The molecule has 1 saturated heterocycles. The van der Waals surface area contributed by atoms with Gasteiger partial charge in [0, 0.05) is 42.4 Å². The lowest BCUT2D eigenvalue weighted by molar-refractivity contribution is -0.144. The van der Waals surface area contributed by atoms with Crippen LogP contribution >= 0.6 is 11.8 Å². The molecule has 0 unspecified atom stereocenters. The number of aromatic nitrogens is 2. The predicted octanol–water partition coefficient (Wildman–Crippen LogP) is 5.31. The van der Waals surface area contributed by atoms with Crippen LogP contribution < -0.4 is 10.2 Å². The number of hydrogen-bond donors (Lipinski definition) is 1. The highest BCUT2D eigenvalue weighted by Gasteiger charge is 2.48. The van der Waals surface area contributed by atoms with E-state index < -0.39 is 5.54 Å². The zero-order valence-electron chi connectivity index (χ0n) is 24.2. The SMILES string of the molecule is Cc1ccc(CN(C(=O)CSc2nc(C)cc(C)n2)C2(C(=O)Nc3ccc(N4CCOCC4)cc3)CCCC2)cc1. The van der Waals surface area contributed by atoms with Gasteiger partial charge in [0.05, 0.1) is 19.0 Å². The molecule has 2 aromatic carbocycles. The van der Waals surface area contributed by atoms with Gasteiger partial charge in [-0.2, -0.15) is 0 Å². The first-order chi connectivity index (χ1) is 19.8. The van der Waals surface area contributed by atoms with Gasteiger partial charge in [-0.25, -0.2) is 9.97 Å². The van der Waals surface area contributed by atoms with E-state index in [2.05, 4.69) is 20.2 Å². The Balaban J connectivity index is 1.37. The first kappa shape index (κ1) is 29.1. The van der Waals surface area contributed by atoms with Crippen LogP contribution in [0.2, 0.25) is 0 Å². The molecule has 3 aromatic rings. The molecule has 0 bridgehead atoms. The maximum atomic E-state index is 14.1. The van der Waals surface area contributed by atoms with Gasteiger partial charge in [-0.15, -0.1) is 0 Å². The molecule has 1 saturated carbocycles. The third-order valence-corrected chi connectivity index (χ3v) is 8.75. The van der Waals surface area contributed by atoms with Crippen LogP contribution in [0.3, 0.4) is 0 Å². The molecule has 0 spiro atoms. The fourth-order valence-electron chi connectivity index (χ4n) is 5.72. The van der Waals surface area contributed by atoms with Crippen LogP contribution in [0.5, 0.6) is 0 Å². The van der Waals surface area contributed by atoms with Crippen molar-refractivity contribution >= 4 is 35.0 Å². The molecular formula is C32H39N5O3S. The van der Waals surface area contributed by atoms with Crippen LogP contribution in [0.25, 0.3) is 0 Å². The lowest BCUT2D eigenvalue weighted by Gasteiger charge is -2.40. The van der Waals surface area contributed by atoms with Gasteiger partial charge in [0.1, 0.15) is 5.54 Å². The second-order valence-electron chi connectivity index (χ2n) is 11.0. The number of rotatable bonds is 9. The summed E-state index contributed by atoms with van der Waals surface area (Å²) in [6.45, 7) is 9.43. The van der Waals surface area contributed by atoms with Crippen LogP contribution in [0.15, 0.2) is 59.8 Å². The normalized spacial score (nSPS) is 16.4. The predicted molar refractivity (Wildman–Crippen MR) is 163 cm³/mol. The topological polar surface area (TPSA) is 87.7 Å². The van der Waals surface area contributed by atoms with E-state index in [1.807, 2.05) is 80.3 Å². The van der Waals surface area contributed by atoms with Gasteiger partial charge in [-0.3, -0.25) is 9.59 Å². The average molecular weight is 574 g/mol. The number of amides is 2.